The SMILES string of the molecule is COc1ccc(S(=O)(=O)N2CCN(c3cc(Nc4ccccn4)nc(C)n3)CC2)cc1C. The highest BCUT2D eigenvalue weighted by molar-refractivity contribution is 7.89. The maximum atomic E-state index is 13.1. The molecule has 3 heterocycles. The van der Waals surface area contributed by atoms with E-state index in [1.807, 2.05) is 38.1 Å². The molecule has 1 fully saturated rings. The normalized spacial score (nSPS) is 14.9. The number of hydrogen-bond acceptors (Lipinski definition) is 8. The molecular weight excluding hydrogens is 428 g/mol. The molecule has 1 aromatic carbocycles. The molecule has 3 aromatic rings. The molecule has 1 aliphatic heterocycles. The zero-order valence-electron chi connectivity index (χ0n) is 18.3. The van der Waals surface area contributed by atoms with Gasteiger partial charge in [0.2, 0.25) is 10.0 Å². The molecule has 1 N–H and O–H groups in total. The summed E-state index contributed by atoms with van der Waals surface area (Å²) in [6.07, 6.45) is 1.71. The lowest BCUT2D eigenvalue weighted by molar-refractivity contribution is 0.383. The van der Waals surface area contributed by atoms with Crippen molar-refractivity contribution < 1.29 is 13.2 Å². The average molecular weight is 455 g/mol. The third-order valence-corrected chi connectivity index (χ3v) is 7.21. The van der Waals surface area contributed by atoms with E-state index in [9.17, 15) is 8.42 Å². The van der Waals surface area contributed by atoms with Crippen molar-refractivity contribution in [2.45, 2.75) is 18.7 Å². The molecule has 0 unspecified atom stereocenters. The molecule has 0 bridgehead atoms. The van der Waals surface area contributed by atoms with Gasteiger partial charge in [-0.25, -0.2) is 23.4 Å². The molecular formula is C22H26N6O3S. The summed E-state index contributed by atoms with van der Waals surface area (Å²) in [6, 6.07) is 12.4. The predicted octanol–water partition coefficient (Wildman–Crippen LogP) is 2.75. The Morgan fingerprint density at radius 2 is 1.75 bits per heavy atom. The van der Waals surface area contributed by atoms with Gasteiger partial charge in [-0.3, -0.25) is 0 Å². The van der Waals surface area contributed by atoms with Gasteiger partial charge in [0.05, 0.1) is 12.0 Å². The van der Waals surface area contributed by atoms with Crippen LogP contribution in [0.25, 0.3) is 0 Å². The number of aromatic nitrogens is 3. The van der Waals surface area contributed by atoms with E-state index in [1.54, 1.807) is 31.5 Å². The van der Waals surface area contributed by atoms with E-state index >= 15 is 0 Å². The molecule has 168 valence electrons. The summed E-state index contributed by atoms with van der Waals surface area (Å²) >= 11 is 0. The third-order valence-electron chi connectivity index (χ3n) is 5.31. The van der Waals surface area contributed by atoms with Crippen LogP contribution in [-0.4, -0.2) is 61.0 Å². The predicted molar refractivity (Wildman–Crippen MR) is 123 cm³/mol. The van der Waals surface area contributed by atoms with Gasteiger partial charge >= 0.3 is 0 Å². The Bertz CT molecular complexity index is 1200. The lowest BCUT2D eigenvalue weighted by Gasteiger charge is -2.34. The van der Waals surface area contributed by atoms with Crippen LogP contribution in [0.1, 0.15) is 11.4 Å². The highest BCUT2D eigenvalue weighted by atomic mass is 32.2. The summed E-state index contributed by atoms with van der Waals surface area (Å²) in [7, 11) is -2.00. The van der Waals surface area contributed by atoms with Gasteiger partial charge in [-0.05, 0) is 49.7 Å². The average Bonchev–Trinajstić information content (AvgIpc) is 2.79. The summed E-state index contributed by atoms with van der Waals surface area (Å²) in [5.74, 6) is 3.40. The number of nitrogens with zero attached hydrogens (tertiary/aromatic N) is 5. The maximum absolute atomic E-state index is 13.1. The molecule has 1 saturated heterocycles. The molecule has 1 aliphatic rings. The molecule has 0 saturated carbocycles. The van der Waals surface area contributed by atoms with Crippen molar-refractivity contribution in [3.63, 3.8) is 0 Å². The molecule has 10 heteroatoms. The zero-order valence-corrected chi connectivity index (χ0v) is 19.1. The molecule has 0 aliphatic carbocycles. The standard InChI is InChI=1S/C22H26N6O3S/c1-16-14-18(7-8-19(16)31-3)32(29,30)28-12-10-27(11-13-28)22-15-21(24-17(2)25-22)26-20-6-4-5-9-23-20/h4-9,14-15H,10-13H2,1-3H3,(H,23,24,25,26). The summed E-state index contributed by atoms with van der Waals surface area (Å²) in [5.41, 5.74) is 0.789. The van der Waals surface area contributed by atoms with Crippen LogP contribution in [0, 0.1) is 13.8 Å². The second-order valence-corrected chi connectivity index (χ2v) is 9.46. The second-order valence-electron chi connectivity index (χ2n) is 7.52. The van der Waals surface area contributed by atoms with Gasteiger partial charge in [0.25, 0.3) is 0 Å². The molecule has 9 nitrogen and oxygen atoms in total. The monoisotopic (exact) mass is 454 g/mol. The van der Waals surface area contributed by atoms with Crippen LogP contribution in [0.15, 0.2) is 53.6 Å². The minimum atomic E-state index is -3.57. The number of methoxy groups -OCH3 is 1. The fourth-order valence-corrected chi connectivity index (χ4v) is 5.17. The fourth-order valence-electron chi connectivity index (χ4n) is 3.66. The number of benzene rings is 1. The van der Waals surface area contributed by atoms with Gasteiger partial charge in [-0.15, -0.1) is 0 Å². The number of aryl methyl sites for hydroxylation is 2. The summed E-state index contributed by atoms with van der Waals surface area (Å²) in [6.45, 7) is 5.49. The van der Waals surface area contributed by atoms with E-state index in [-0.39, 0.29) is 4.90 Å². The van der Waals surface area contributed by atoms with Crippen molar-refractivity contribution in [3.8, 4) is 5.75 Å². The topological polar surface area (TPSA) is 101 Å². The first kappa shape index (κ1) is 22.0. The fraction of sp³-hybridized carbons (Fsp3) is 0.318. The molecule has 0 amide bonds. The van der Waals surface area contributed by atoms with Crippen molar-refractivity contribution in [3.05, 3.63) is 60.0 Å². The lowest BCUT2D eigenvalue weighted by Crippen LogP contribution is -2.49. The first-order chi connectivity index (χ1) is 15.4. The van der Waals surface area contributed by atoms with Crippen molar-refractivity contribution in [1.82, 2.24) is 19.3 Å². The number of piperazine rings is 1. The number of rotatable bonds is 6. The molecule has 0 spiro atoms. The highest BCUT2D eigenvalue weighted by Gasteiger charge is 2.29. The first-order valence-electron chi connectivity index (χ1n) is 10.3. The highest BCUT2D eigenvalue weighted by Crippen LogP contribution is 2.26. The van der Waals surface area contributed by atoms with E-state index in [0.717, 1.165) is 11.4 Å². The molecule has 4 rings (SSSR count). The van der Waals surface area contributed by atoms with Gasteiger partial charge < -0.3 is 15.0 Å². The van der Waals surface area contributed by atoms with Crippen LogP contribution in [-0.2, 0) is 10.0 Å². The molecule has 2 aromatic heterocycles. The van der Waals surface area contributed by atoms with E-state index < -0.39 is 10.0 Å². The van der Waals surface area contributed by atoms with Crippen LogP contribution < -0.4 is 15.0 Å². The Kier molecular flexibility index (Phi) is 6.24. The van der Waals surface area contributed by atoms with Gasteiger partial charge in [0, 0.05) is 38.4 Å². The van der Waals surface area contributed by atoms with Gasteiger partial charge in [-0.1, -0.05) is 6.07 Å². The number of anilines is 3. The Labute approximate surface area is 188 Å². The van der Waals surface area contributed by atoms with Gasteiger partial charge in [0.1, 0.15) is 29.0 Å². The number of hydrogen-bond donors (Lipinski definition) is 1. The summed E-state index contributed by atoms with van der Waals surface area (Å²) in [5, 5.41) is 3.19. The first-order valence-corrected chi connectivity index (χ1v) is 11.7. The van der Waals surface area contributed by atoms with E-state index in [4.69, 9.17) is 4.74 Å². The van der Waals surface area contributed by atoms with Crippen LogP contribution in [0.5, 0.6) is 5.75 Å². The van der Waals surface area contributed by atoms with Crippen molar-refractivity contribution >= 4 is 27.5 Å². The zero-order chi connectivity index (χ0) is 22.7. The number of sulfonamides is 1. The Morgan fingerprint density at radius 3 is 2.41 bits per heavy atom. The van der Waals surface area contributed by atoms with Gasteiger partial charge in [-0.2, -0.15) is 4.31 Å². The van der Waals surface area contributed by atoms with Crippen LogP contribution in [0.2, 0.25) is 0 Å². The summed E-state index contributed by atoms with van der Waals surface area (Å²) < 4.78 is 33.0. The largest absolute Gasteiger partial charge is 0.496 e. The Hall–Kier alpha value is -3.24. The minimum absolute atomic E-state index is 0.281. The van der Waals surface area contributed by atoms with Crippen molar-refractivity contribution in [1.29, 1.82) is 0 Å². The van der Waals surface area contributed by atoms with Gasteiger partial charge in [0.15, 0.2) is 0 Å². The third kappa shape index (κ3) is 4.66. The molecule has 32 heavy (non-hydrogen) atoms. The number of nitrogens with one attached hydrogen (secondary N) is 1. The lowest BCUT2D eigenvalue weighted by atomic mass is 10.2. The van der Waals surface area contributed by atoms with Crippen molar-refractivity contribution in [2.75, 3.05) is 43.5 Å². The number of pyridine rings is 1. The quantitative estimate of drug-likeness (QED) is 0.607. The van der Waals surface area contributed by atoms with Crippen LogP contribution in [0.3, 0.4) is 0 Å². The van der Waals surface area contributed by atoms with Crippen LogP contribution >= 0.6 is 0 Å². The van der Waals surface area contributed by atoms with E-state index in [1.165, 1.54) is 4.31 Å². The molecule has 0 atom stereocenters. The minimum Gasteiger partial charge on any atom is -0.496 e. The smallest absolute Gasteiger partial charge is 0.243 e. The maximum Gasteiger partial charge on any atom is 0.243 e. The Balaban J connectivity index is 1.47. The van der Waals surface area contributed by atoms with E-state index in [2.05, 4.69) is 25.2 Å². The second kappa shape index (κ2) is 9.09. The molecule has 0 radical (unpaired) electrons. The van der Waals surface area contributed by atoms with E-state index in [0.29, 0.717) is 49.4 Å². The van der Waals surface area contributed by atoms with Crippen molar-refractivity contribution in [2.24, 2.45) is 0 Å². The number of ether oxygens (including phenoxy) is 1. The summed E-state index contributed by atoms with van der Waals surface area (Å²) in [4.78, 5) is 15.6. The van der Waals surface area contributed by atoms with Crippen LogP contribution in [0.4, 0.5) is 17.5 Å². The Morgan fingerprint density at radius 1 is 0.969 bits per heavy atom.